The van der Waals surface area contributed by atoms with Gasteiger partial charge >= 0.3 is 0 Å². The van der Waals surface area contributed by atoms with Gasteiger partial charge in [0.05, 0.1) is 0 Å². The first-order valence-electron chi connectivity index (χ1n) is 3.79. The summed E-state index contributed by atoms with van der Waals surface area (Å²) in [5.74, 6) is -1.08. The lowest BCUT2D eigenvalue weighted by molar-refractivity contribution is 0.564. The van der Waals surface area contributed by atoms with Gasteiger partial charge in [-0.25, -0.2) is 8.78 Å². The summed E-state index contributed by atoms with van der Waals surface area (Å²) in [7, 11) is 0. The van der Waals surface area contributed by atoms with Crippen LogP contribution in [0.15, 0.2) is 18.2 Å². The summed E-state index contributed by atoms with van der Waals surface area (Å²) in [6, 6.07) is 3.43. The summed E-state index contributed by atoms with van der Waals surface area (Å²) in [4.78, 5) is 0. The molecule has 4 heteroatoms. The number of halogens is 3. The zero-order chi connectivity index (χ0) is 9.14. The molecule has 1 atom stereocenters. The molecule has 1 unspecified atom stereocenters. The standard InChI is InChI=1S/C9H11F2N.ClH/c1-6(12)4-7-2-3-8(10)5-9(7)11;/h2-3,5-6H,4,12H2,1H3;1H. The second-order valence-corrected chi connectivity index (χ2v) is 2.92. The number of benzene rings is 1. The van der Waals surface area contributed by atoms with E-state index < -0.39 is 11.6 Å². The molecule has 1 rings (SSSR count). The van der Waals surface area contributed by atoms with E-state index in [4.69, 9.17) is 5.73 Å². The van der Waals surface area contributed by atoms with Crippen LogP contribution in [0, 0.1) is 11.6 Å². The molecule has 0 aliphatic rings. The normalized spacial score (nSPS) is 12.0. The van der Waals surface area contributed by atoms with Crippen LogP contribution in [0.25, 0.3) is 0 Å². The molecule has 0 amide bonds. The van der Waals surface area contributed by atoms with Crippen LogP contribution in [-0.2, 0) is 6.42 Å². The Kier molecular flexibility index (Phi) is 4.88. The Balaban J connectivity index is 0.00000144. The minimum atomic E-state index is -0.555. The Hall–Kier alpha value is -0.670. The van der Waals surface area contributed by atoms with Crippen LogP contribution in [0.1, 0.15) is 12.5 Å². The summed E-state index contributed by atoms with van der Waals surface area (Å²) < 4.78 is 25.3. The van der Waals surface area contributed by atoms with E-state index >= 15 is 0 Å². The van der Waals surface area contributed by atoms with Crippen molar-refractivity contribution in [2.75, 3.05) is 0 Å². The van der Waals surface area contributed by atoms with Gasteiger partial charge in [0.25, 0.3) is 0 Å². The predicted octanol–water partition coefficient (Wildman–Crippen LogP) is 2.28. The van der Waals surface area contributed by atoms with Crippen molar-refractivity contribution < 1.29 is 8.78 Å². The molecular weight excluding hydrogens is 196 g/mol. The molecule has 1 aromatic rings. The minimum Gasteiger partial charge on any atom is -0.328 e. The Morgan fingerprint density at radius 2 is 2.00 bits per heavy atom. The highest BCUT2D eigenvalue weighted by Gasteiger charge is 2.05. The molecule has 2 N–H and O–H groups in total. The van der Waals surface area contributed by atoms with Gasteiger partial charge in [0, 0.05) is 12.1 Å². The number of hydrogen-bond donors (Lipinski definition) is 1. The van der Waals surface area contributed by atoms with Crippen molar-refractivity contribution in [1.82, 2.24) is 0 Å². The lowest BCUT2D eigenvalue weighted by Crippen LogP contribution is -2.18. The molecule has 74 valence electrons. The van der Waals surface area contributed by atoms with E-state index in [-0.39, 0.29) is 18.4 Å². The zero-order valence-electron chi connectivity index (χ0n) is 7.26. The lowest BCUT2D eigenvalue weighted by atomic mass is 10.1. The average molecular weight is 208 g/mol. The van der Waals surface area contributed by atoms with Gasteiger partial charge in [-0.3, -0.25) is 0 Å². The van der Waals surface area contributed by atoms with Crippen LogP contribution >= 0.6 is 12.4 Å². The highest BCUT2D eigenvalue weighted by atomic mass is 35.5. The van der Waals surface area contributed by atoms with Crippen molar-refractivity contribution in [1.29, 1.82) is 0 Å². The van der Waals surface area contributed by atoms with Gasteiger partial charge in [-0.1, -0.05) is 6.07 Å². The molecule has 0 spiro atoms. The van der Waals surface area contributed by atoms with Crippen LogP contribution in [0.2, 0.25) is 0 Å². The van der Waals surface area contributed by atoms with Gasteiger partial charge < -0.3 is 5.73 Å². The summed E-state index contributed by atoms with van der Waals surface area (Å²) in [6.45, 7) is 1.78. The molecule has 0 radical (unpaired) electrons. The molecule has 1 nitrogen and oxygen atoms in total. The van der Waals surface area contributed by atoms with Crippen molar-refractivity contribution in [2.45, 2.75) is 19.4 Å². The maximum atomic E-state index is 12.9. The average Bonchev–Trinajstić information content (AvgIpc) is 1.94. The van der Waals surface area contributed by atoms with E-state index in [0.29, 0.717) is 12.0 Å². The molecule has 0 saturated carbocycles. The zero-order valence-corrected chi connectivity index (χ0v) is 8.07. The van der Waals surface area contributed by atoms with E-state index in [1.54, 1.807) is 6.92 Å². The summed E-state index contributed by atoms with van der Waals surface area (Å²) in [6.07, 6.45) is 0.437. The maximum Gasteiger partial charge on any atom is 0.129 e. The molecule has 0 aliphatic heterocycles. The van der Waals surface area contributed by atoms with Crippen LogP contribution in [0.3, 0.4) is 0 Å². The quantitative estimate of drug-likeness (QED) is 0.791. The monoisotopic (exact) mass is 207 g/mol. The van der Waals surface area contributed by atoms with Crippen molar-refractivity contribution >= 4 is 12.4 Å². The molecule has 1 aromatic carbocycles. The topological polar surface area (TPSA) is 26.0 Å². The molecule has 0 fully saturated rings. The first-order chi connectivity index (χ1) is 5.59. The number of hydrogen-bond acceptors (Lipinski definition) is 1. The summed E-state index contributed by atoms with van der Waals surface area (Å²) in [5.41, 5.74) is 5.94. The van der Waals surface area contributed by atoms with Crippen molar-refractivity contribution in [3.63, 3.8) is 0 Å². The van der Waals surface area contributed by atoms with E-state index in [0.717, 1.165) is 6.07 Å². The van der Waals surface area contributed by atoms with Gasteiger partial charge in [0.15, 0.2) is 0 Å². The lowest BCUT2D eigenvalue weighted by Gasteiger charge is -2.05. The third-order valence-corrected chi connectivity index (χ3v) is 1.56. The molecular formula is C9H12ClF2N. The first kappa shape index (κ1) is 12.3. The molecule has 0 aliphatic carbocycles. The second-order valence-electron chi connectivity index (χ2n) is 2.92. The van der Waals surface area contributed by atoms with Crippen molar-refractivity contribution in [3.8, 4) is 0 Å². The molecule has 0 bridgehead atoms. The summed E-state index contributed by atoms with van der Waals surface area (Å²) >= 11 is 0. The van der Waals surface area contributed by atoms with Gasteiger partial charge in [-0.15, -0.1) is 12.4 Å². The van der Waals surface area contributed by atoms with Gasteiger partial charge in [0.2, 0.25) is 0 Å². The fourth-order valence-electron chi connectivity index (χ4n) is 1.03. The molecule has 0 aromatic heterocycles. The van der Waals surface area contributed by atoms with Crippen LogP contribution in [0.4, 0.5) is 8.78 Å². The Bertz CT molecular complexity index is 276. The van der Waals surface area contributed by atoms with Crippen molar-refractivity contribution in [2.24, 2.45) is 5.73 Å². The van der Waals surface area contributed by atoms with Crippen LogP contribution < -0.4 is 5.73 Å². The Morgan fingerprint density at radius 1 is 1.38 bits per heavy atom. The van der Waals surface area contributed by atoms with E-state index in [1.165, 1.54) is 12.1 Å². The first-order valence-corrected chi connectivity index (χ1v) is 3.79. The number of rotatable bonds is 2. The highest BCUT2D eigenvalue weighted by molar-refractivity contribution is 5.85. The van der Waals surface area contributed by atoms with Gasteiger partial charge in [-0.05, 0) is 25.0 Å². The number of nitrogens with two attached hydrogens (primary N) is 1. The third kappa shape index (κ3) is 3.70. The molecule has 0 heterocycles. The third-order valence-electron chi connectivity index (χ3n) is 1.56. The molecule has 0 saturated heterocycles. The van der Waals surface area contributed by atoms with E-state index in [2.05, 4.69) is 0 Å². The van der Waals surface area contributed by atoms with Crippen LogP contribution in [0.5, 0.6) is 0 Å². The minimum absolute atomic E-state index is 0. The SMILES string of the molecule is CC(N)Cc1ccc(F)cc1F.Cl. The fraction of sp³-hybridized carbons (Fsp3) is 0.333. The van der Waals surface area contributed by atoms with Crippen LogP contribution in [-0.4, -0.2) is 6.04 Å². The fourth-order valence-corrected chi connectivity index (χ4v) is 1.03. The van der Waals surface area contributed by atoms with Gasteiger partial charge in [0.1, 0.15) is 11.6 Å². The predicted molar refractivity (Wildman–Crippen MR) is 51.0 cm³/mol. The highest BCUT2D eigenvalue weighted by Crippen LogP contribution is 2.10. The Morgan fingerprint density at radius 3 is 2.46 bits per heavy atom. The maximum absolute atomic E-state index is 12.9. The smallest absolute Gasteiger partial charge is 0.129 e. The molecule has 13 heavy (non-hydrogen) atoms. The van der Waals surface area contributed by atoms with Crippen molar-refractivity contribution in [3.05, 3.63) is 35.4 Å². The Labute approximate surface area is 82.4 Å². The second kappa shape index (κ2) is 5.14. The van der Waals surface area contributed by atoms with Gasteiger partial charge in [-0.2, -0.15) is 0 Å². The largest absolute Gasteiger partial charge is 0.328 e. The van der Waals surface area contributed by atoms with E-state index in [1.807, 2.05) is 0 Å². The summed E-state index contributed by atoms with van der Waals surface area (Å²) in [5, 5.41) is 0. The van der Waals surface area contributed by atoms with E-state index in [9.17, 15) is 8.78 Å².